The number of ether oxygens (including phenoxy) is 1. The molecule has 1 heterocycles. The van der Waals surface area contributed by atoms with Crippen molar-refractivity contribution in [1.82, 2.24) is 20.8 Å². The number of nitrogens with zero attached hydrogens (tertiary/aromatic N) is 1. The topological polar surface area (TPSA) is 130 Å². The summed E-state index contributed by atoms with van der Waals surface area (Å²) < 4.78 is 5.13. The number of rotatable bonds is 9. The highest BCUT2D eigenvalue weighted by Crippen LogP contribution is 2.29. The number of ketones is 2. The molecule has 0 atom stereocenters. The number of carbonyl (C=O) groups is 4. The van der Waals surface area contributed by atoms with E-state index >= 15 is 0 Å². The van der Waals surface area contributed by atoms with E-state index in [0.717, 1.165) is 0 Å². The van der Waals surface area contributed by atoms with Gasteiger partial charge in [-0.1, -0.05) is 0 Å². The lowest BCUT2D eigenvalue weighted by Crippen LogP contribution is -2.23. The number of hydrogen-bond acceptors (Lipinski definition) is 7. The first kappa shape index (κ1) is 17.9. The fourth-order valence-electron chi connectivity index (χ4n) is 2.02. The lowest BCUT2D eigenvalue weighted by molar-refractivity contribution is -0.111. The molecule has 3 N–H and O–H groups in total. The summed E-state index contributed by atoms with van der Waals surface area (Å²) in [4.78, 5) is 46.6. The van der Waals surface area contributed by atoms with Crippen molar-refractivity contribution < 1.29 is 23.9 Å². The maximum Gasteiger partial charge on any atom is 0.272 e. The fraction of sp³-hybridized carbons (Fsp3) is 0.357. The Hall–Kier alpha value is -2.46. The van der Waals surface area contributed by atoms with Gasteiger partial charge >= 0.3 is 0 Å². The molecule has 1 aliphatic carbocycles. The van der Waals surface area contributed by atoms with Crippen LogP contribution in [-0.2, 0) is 9.53 Å². The minimum absolute atomic E-state index is 0.00998. The van der Waals surface area contributed by atoms with Gasteiger partial charge in [0.15, 0.2) is 5.69 Å². The monoisotopic (exact) mass is 352 g/mol. The number of Topliss-reactive ketones (excluding diaryl/α,β-unsaturated/α-hetero) is 1. The molecular weight excluding hydrogens is 336 g/mol. The zero-order valence-corrected chi connectivity index (χ0v) is 13.7. The molecule has 0 aromatic carbocycles. The molecule has 0 saturated carbocycles. The third-order valence-corrected chi connectivity index (χ3v) is 4.23. The van der Waals surface area contributed by atoms with Crippen LogP contribution in [0.1, 0.15) is 37.8 Å². The first-order valence-electron chi connectivity index (χ1n) is 7.09. The SMILES string of the molecule is CNC(=O)c1n[nH]c2c1C(=O)C(SCCCOCNC=O)=CC2=O. The van der Waals surface area contributed by atoms with Crippen LogP contribution >= 0.6 is 11.8 Å². The summed E-state index contributed by atoms with van der Waals surface area (Å²) in [6, 6.07) is 0. The van der Waals surface area contributed by atoms with E-state index < -0.39 is 11.7 Å². The molecule has 0 saturated heterocycles. The minimum Gasteiger partial charge on any atom is -0.361 e. The quantitative estimate of drug-likeness (QED) is 0.321. The number of allylic oxidation sites excluding steroid dienone is 2. The van der Waals surface area contributed by atoms with Crippen molar-refractivity contribution in [3.05, 3.63) is 27.9 Å². The number of carbonyl (C=O) groups excluding carboxylic acids is 4. The van der Waals surface area contributed by atoms with Gasteiger partial charge in [-0.2, -0.15) is 5.10 Å². The average molecular weight is 352 g/mol. The normalized spacial score (nSPS) is 13.3. The van der Waals surface area contributed by atoms with Crippen LogP contribution < -0.4 is 10.6 Å². The van der Waals surface area contributed by atoms with Crippen LogP contribution in [-0.4, -0.2) is 60.2 Å². The predicted molar refractivity (Wildman–Crippen MR) is 85.8 cm³/mol. The van der Waals surface area contributed by atoms with Gasteiger partial charge in [-0.05, 0) is 6.42 Å². The third kappa shape index (κ3) is 3.89. The summed E-state index contributed by atoms with van der Waals surface area (Å²) in [5.41, 5.74) is -0.0395. The molecule has 2 rings (SSSR count). The number of thioether (sulfide) groups is 1. The Morgan fingerprint density at radius 2 is 2.25 bits per heavy atom. The van der Waals surface area contributed by atoms with Crippen molar-refractivity contribution in [3.63, 3.8) is 0 Å². The first-order chi connectivity index (χ1) is 11.6. The summed E-state index contributed by atoms with van der Waals surface area (Å²) in [5.74, 6) is -0.767. The number of aromatic nitrogens is 2. The van der Waals surface area contributed by atoms with E-state index in [1.54, 1.807) is 0 Å². The number of aromatic amines is 1. The molecule has 0 unspecified atom stereocenters. The minimum atomic E-state index is -0.532. The number of fused-ring (bicyclic) bond motifs is 1. The zero-order chi connectivity index (χ0) is 17.5. The Balaban J connectivity index is 1.97. The van der Waals surface area contributed by atoms with Crippen LogP contribution in [0.4, 0.5) is 0 Å². The molecule has 1 aliphatic rings. The summed E-state index contributed by atoms with van der Waals surface area (Å²) in [5, 5.41) is 11.0. The summed E-state index contributed by atoms with van der Waals surface area (Å²) in [6.45, 7) is 0.534. The molecule has 10 heteroatoms. The second kappa shape index (κ2) is 8.41. The Kier molecular flexibility index (Phi) is 6.27. The van der Waals surface area contributed by atoms with Gasteiger partial charge in [0.25, 0.3) is 5.91 Å². The van der Waals surface area contributed by atoms with E-state index in [-0.39, 0.29) is 34.4 Å². The van der Waals surface area contributed by atoms with Gasteiger partial charge in [0.2, 0.25) is 18.0 Å². The Bertz CT molecular complexity index is 697. The lowest BCUT2D eigenvalue weighted by atomic mass is 9.99. The van der Waals surface area contributed by atoms with E-state index in [9.17, 15) is 19.2 Å². The van der Waals surface area contributed by atoms with Crippen molar-refractivity contribution >= 4 is 35.6 Å². The van der Waals surface area contributed by atoms with Crippen LogP contribution in [0.5, 0.6) is 0 Å². The first-order valence-corrected chi connectivity index (χ1v) is 8.07. The number of amides is 2. The zero-order valence-electron chi connectivity index (χ0n) is 12.9. The molecule has 0 bridgehead atoms. The standard InChI is InChI=1S/C14H16N4O5S/c1-15-14(22)12-10-11(17-18-12)8(20)5-9(13(10)21)24-4-2-3-23-7-16-6-19/h5-6H,2-4,7H2,1H3,(H,15,22)(H,16,19)(H,17,18). The van der Waals surface area contributed by atoms with Crippen molar-refractivity contribution in [3.8, 4) is 0 Å². The molecular formula is C14H16N4O5S. The Labute approximate surface area is 141 Å². The average Bonchev–Trinajstić information content (AvgIpc) is 3.03. The number of hydrogen-bond donors (Lipinski definition) is 3. The lowest BCUT2D eigenvalue weighted by Gasteiger charge is -2.12. The molecule has 24 heavy (non-hydrogen) atoms. The highest BCUT2D eigenvalue weighted by atomic mass is 32.2. The fourth-order valence-corrected chi connectivity index (χ4v) is 2.93. The number of nitrogens with one attached hydrogen (secondary N) is 3. The van der Waals surface area contributed by atoms with E-state index in [1.807, 2.05) is 0 Å². The predicted octanol–water partition coefficient (Wildman–Crippen LogP) is -0.124. The van der Waals surface area contributed by atoms with Gasteiger partial charge in [-0.15, -0.1) is 11.8 Å². The van der Waals surface area contributed by atoms with Gasteiger partial charge in [0.1, 0.15) is 12.4 Å². The van der Waals surface area contributed by atoms with Crippen LogP contribution in [0.25, 0.3) is 0 Å². The summed E-state index contributed by atoms with van der Waals surface area (Å²) in [6.07, 6.45) is 2.42. The van der Waals surface area contributed by atoms with E-state index in [2.05, 4.69) is 20.8 Å². The van der Waals surface area contributed by atoms with Gasteiger partial charge in [0.05, 0.1) is 10.5 Å². The molecule has 2 amide bonds. The highest BCUT2D eigenvalue weighted by molar-refractivity contribution is 8.04. The van der Waals surface area contributed by atoms with Crippen molar-refractivity contribution in [2.45, 2.75) is 6.42 Å². The molecule has 9 nitrogen and oxygen atoms in total. The smallest absolute Gasteiger partial charge is 0.272 e. The van der Waals surface area contributed by atoms with Gasteiger partial charge in [0, 0.05) is 25.5 Å². The molecule has 0 spiro atoms. The molecule has 1 aromatic rings. The van der Waals surface area contributed by atoms with E-state index in [1.165, 1.54) is 24.9 Å². The summed E-state index contributed by atoms with van der Waals surface area (Å²) >= 11 is 1.22. The van der Waals surface area contributed by atoms with Gasteiger partial charge in [-0.25, -0.2) is 0 Å². The van der Waals surface area contributed by atoms with Crippen molar-refractivity contribution in [2.24, 2.45) is 0 Å². The second-order valence-corrected chi connectivity index (χ2v) is 5.82. The maximum absolute atomic E-state index is 12.5. The Morgan fingerprint density at radius 1 is 1.46 bits per heavy atom. The molecule has 0 aliphatic heterocycles. The van der Waals surface area contributed by atoms with E-state index in [4.69, 9.17) is 4.74 Å². The maximum atomic E-state index is 12.5. The van der Waals surface area contributed by atoms with E-state index in [0.29, 0.717) is 25.2 Å². The second-order valence-electron chi connectivity index (χ2n) is 4.68. The largest absolute Gasteiger partial charge is 0.361 e. The number of H-pyrrole nitrogens is 1. The molecule has 0 radical (unpaired) electrons. The van der Waals surface area contributed by atoms with Crippen LogP contribution in [0.2, 0.25) is 0 Å². The Morgan fingerprint density at radius 3 is 2.96 bits per heavy atom. The van der Waals surface area contributed by atoms with Crippen LogP contribution in [0, 0.1) is 0 Å². The van der Waals surface area contributed by atoms with Crippen LogP contribution in [0.15, 0.2) is 11.0 Å². The summed E-state index contributed by atoms with van der Waals surface area (Å²) in [7, 11) is 1.42. The third-order valence-electron chi connectivity index (χ3n) is 3.13. The molecule has 0 fully saturated rings. The molecule has 1 aromatic heterocycles. The van der Waals surface area contributed by atoms with Crippen molar-refractivity contribution in [1.29, 1.82) is 0 Å². The molecule has 128 valence electrons. The van der Waals surface area contributed by atoms with Crippen LogP contribution in [0.3, 0.4) is 0 Å². The van der Waals surface area contributed by atoms with Gasteiger partial charge < -0.3 is 15.4 Å². The van der Waals surface area contributed by atoms with Crippen molar-refractivity contribution in [2.75, 3.05) is 26.1 Å². The highest BCUT2D eigenvalue weighted by Gasteiger charge is 2.33. The van der Waals surface area contributed by atoms with Gasteiger partial charge in [-0.3, -0.25) is 24.3 Å².